The van der Waals surface area contributed by atoms with Crippen LogP contribution >= 0.6 is 11.6 Å². The fourth-order valence-corrected chi connectivity index (χ4v) is 2.36. The molecule has 0 N–H and O–H groups in total. The lowest BCUT2D eigenvalue weighted by molar-refractivity contribution is 1.29. The lowest BCUT2D eigenvalue weighted by atomic mass is 10.2. The van der Waals surface area contributed by atoms with Gasteiger partial charge in [-0.05, 0) is 48.0 Å². The summed E-state index contributed by atoms with van der Waals surface area (Å²) < 4.78 is 0. The summed E-state index contributed by atoms with van der Waals surface area (Å²) in [4.78, 5) is 2.16. The van der Waals surface area contributed by atoms with Gasteiger partial charge in [0.25, 0.3) is 0 Å². The minimum atomic E-state index is 0.750. The Bertz CT molecular complexity index is 694. The first kappa shape index (κ1) is 14.4. The molecular formula is C20H16ClN. The molecule has 2 heteroatoms. The number of halogens is 1. The maximum absolute atomic E-state index is 5.93. The molecule has 0 saturated carbocycles. The normalized spacial score (nSPS) is 10.8. The van der Waals surface area contributed by atoms with E-state index >= 15 is 0 Å². The van der Waals surface area contributed by atoms with Crippen molar-refractivity contribution in [3.05, 3.63) is 102 Å². The number of hydrogen-bond donors (Lipinski definition) is 0. The van der Waals surface area contributed by atoms with E-state index in [0.717, 1.165) is 22.0 Å². The first-order valence-electron chi connectivity index (χ1n) is 7.16. The predicted octanol–water partition coefficient (Wildman–Crippen LogP) is 6.15. The zero-order valence-electron chi connectivity index (χ0n) is 12.1. The van der Waals surface area contributed by atoms with E-state index in [1.54, 1.807) is 0 Å². The molecule has 0 bridgehead atoms. The van der Waals surface area contributed by atoms with Crippen LogP contribution in [0.1, 0.15) is 5.56 Å². The minimum absolute atomic E-state index is 0.750. The maximum atomic E-state index is 5.93. The second-order valence-electron chi connectivity index (χ2n) is 4.91. The van der Waals surface area contributed by atoms with Crippen LogP contribution in [0.2, 0.25) is 5.02 Å². The van der Waals surface area contributed by atoms with Crippen molar-refractivity contribution in [1.82, 2.24) is 0 Å². The van der Waals surface area contributed by atoms with Crippen molar-refractivity contribution in [1.29, 1.82) is 0 Å². The highest BCUT2D eigenvalue weighted by Gasteiger charge is 2.04. The first-order valence-corrected chi connectivity index (χ1v) is 7.54. The number of para-hydroxylation sites is 2. The summed E-state index contributed by atoms with van der Waals surface area (Å²) in [7, 11) is 0. The van der Waals surface area contributed by atoms with Crippen LogP contribution in [0, 0.1) is 0 Å². The van der Waals surface area contributed by atoms with Gasteiger partial charge in [-0.1, -0.05) is 60.1 Å². The molecule has 0 saturated heterocycles. The molecule has 0 aliphatic rings. The summed E-state index contributed by atoms with van der Waals surface area (Å²) in [5.74, 6) is 0. The Labute approximate surface area is 136 Å². The molecule has 3 rings (SSSR count). The van der Waals surface area contributed by atoms with E-state index in [1.165, 1.54) is 0 Å². The van der Waals surface area contributed by atoms with Crippen molar-refractivity contribution in [2.75, 3.05) is 4.90 Å². The maximum Gasteiger partial charge on any atom is 0.0455 e. The predicted molar refractivity (Wildman–Crippen MR) is 95.5 cm³/mol. The van der Waals surface area contributed by atoms with Gasteiger partial charge < -0.3 is 4.90 Å². The molecule has 1 nitrogen and oxygen atoms in total. The highest BCUT2D eigenvalue weighted by molar-refractivity contribution is 6.30. The Hall–Kier alpha value is -2.51. The van der Waals surface area contributed by atoms with E-state index in [2.05, 4.69) is 41.4 Å². The topological polar surface area (TPSA) is 3.24 Å². The standard InChI is InChI=1S/C20H16ClN/c21-18-13-11-17(12-14-18)15-16-22(19-7-3-1-4-8-19)20-9-5-2-6-10-20/h1-16H. The SMILES string of the molecule is Clc1ccc(C=CN(c2ccccc2)c2ccccc2)cc1. The Morgan fingerprint density at radius 2 is 1.14 bits per heavy atom. The van der Waals surface area contributed by atoms with E-state index in [4.69, 9.17) is 11.6 Å². The van der Waals surface area contributed by atoms with Crippen molar-refractivity contribution in [2.24, 2.45) is 0 Å². The monoisotopic (exact) mass is 305 g/mol. The lowest BCUT2D eigenvalue weighted by Gasteiger charge is -2.20. The van der Waals surface area contributed by atoms with E-state index in [-0.39, 0.29) is 0 Å². The van der Waals surface area contributed by atoms with E-state index in [0.29, 0.717) is 0 Å². The molecule has 108 valence electrons. The summed E-state index contributed by atoms with van der Waals surface area (Å²) in [6.07, 6.45) is 4.16. The number of rotatable bonds is 4. The number of hydrogen-bond acceptors (Lipinski definition) is 1. The molecule has 22 heavy (non-hydrogen) atoms. The summed E-state index contributed by atoms with van der Waals surface area (Å²) in [5, 5.41) is 0.750. The fourth-order valence-electron chi connectivity index (χ4n) is 2.23. The fraction of sp³-hybridized carbons (Fsp3) is 0. The minimum Gasteiger partial charge on any atom is -0.317 e. The molecule has 0 aliphatic carbocycles. The zero-order chi connectivity index (χ0) is 15.2. The highest BCUT2D eigenvalue weighted by Crippen LogP contribution is 2.25. The van der Waals surface area contributed by atoms with Crippen molar-refractivity contribution in [3.8, 4) is 0 Å². The third-order valence-electron chi connectivity index (χ3n) is 3.35. The molecule has 0 fully saturated rings. The van der Waals surface area contributed by atoms with E-state index in [1.807, 2.05) is 60.7 Å². The molecule has 0 unspecified atom stereocenters. The lowest BCUT2D eigenvalue weighted by Crippen LogP contribution is -2.07. The Morgan fingerprint density at radius 1 is 0.636 bits per heavy atom. The van der Waals surface area contributed by atoms with Crippen molar-refractivity contribution in [3.63, 3.8) is 0 Å². The van der Waals surface area contributed by atoms with Crippen LogP contribution in [0.5, 0.6) is 0 Å². The Balaban J connectivity index is 1.94. The summed E-state index contributed by atoms with van der Waals surface area (Å²) in [6, 6.07) is 28.4. The van der Waals surface area contributed by atoms with Gasteiger partial charge in [-0.3, -0.25) is 0 Å². The van der Waals surface area contributed by atoms with E-state index in [9.17, 15) is 0 Å². The Kier molecular flexibility index (Phi) is 4.57. The van der Waals surface area contributed by atoms with Gasteiger partial charge in [-0.15, -0.1) is 0 Å². The molecule has 0 amide bonds. The molecule has 0 aliphatic heterocycles. The van der Waals surface area contributed by atoms with Crippen LogP contribution in [-0.2, 0) is 0 Å². The van der Waals surface area contributed by atoms with E-state index < -0.39 is 0 Å². The quantitative estimate of drug-likeness (QED) is 0.559. The molecule has 3 aromatic rings. The highest BCUT2D eigenvalue weighted by atomic mass is 35.5. The van der Waals surface area contributed by atoms with Gasteiger partial charge in [0.05, 0.1) is 0 Å². The second-order valence-corrected chi connectivity index (χ2v) is 5.34. The average molecular weight is 306 g/mol. The van der Waals surface area contributed by atoms with Crippen molar-refractivity contribution in [2.45, 2.75) is 0 Å². The van der Waals surface area contributed by atoms with Gasteiger partial charge in [0, 0.05) is 22.6 Å². The van der Waals surface area contributed by atoms with Gasteiger partial charge in [0.1, 0.15) is 0 Å². The van der Waals surface area contributed by atoms with Crippen LogP contribution in [-0.4, -0.2) is 0 Å². The molecule has 0 aromatic heterocycles. The molecule has 0 spiro atoms. The second kappa shape index (κ2) is 6.97. The van der Waals surface area contributed by atoms with Crippen LogP contribution in [0.4, 0.5) is 11.4 Å². The van der Waals surface area contributed by atoms with Gasteiger partial charge in [0.15, 0.2) is 0 Å². The third kappa shape index (κ3) is 3.57. The summed E-state index contributed by atoms with van der Waals surface area (Å²) in [6.45, 7) is 0. The smallest absolute Gasteiger partial charge is 0.0455 e. The first-order chi connectivity index (χ1) is 10.8. The molecular weight excluding hydrogens is 290 g/mol. The van der Waals surface area contributed by atoms with Crippen LogP contribution in [0.15, 0.2) is 91.1 Å². The van der Waals surface area contributed by atoms with Gasteiger partial charge in [0.2, 0.25) is 0 Å². The molecule has 0 radical (unpaired) electrons. The zero-order valence-corrected chi connectivity index (χ0v) is 12.8. The average Bonchev–Trinajstić information content (AvgIpc) is 2.59. The van der Waals surface area contributed by atoms with Crippen LogP contribution < -0.4 is 4.90 Å². The molecule has 0 atom stereocenters. The van der Waals surface area contributed by atoms with Crippen LogP contribution in [0.25, 0.3) is 6.08 Å². The van der Waals surface area contributed by atoms with Crippen molar-refractivity contribution >= 4 is 29.1 Å². The largest absolute Gasteiger partial charge is 0.317 e. The summed E-state index contributed by atoms with van der Waals surface area (Å²) >= 11 is 5.93. The Morgan fingerprint density at radius 3 is 1.64 bits per heavy atom. The number of benzene rings is 3. The van der Waals surface area contributed by atoms with Crippen molar-refractivity contribution < 1.29 is 0 Å². The molecule has 0 heterocycles. The molecule has 3 aromatic carbocycles. The number of anilines is 2. The number of nitrogens with zero attached hydrogens (tertiary/aromatic N) is 1. The summed E-state index contributed by atoms with van der Waals surface area (Å²) in [5.41, 5.74) is 3.36. The van der Waals surface area contributed by atoms with Gasteiger partial charge in [-0.2, -0.15) is 0 Å². The third-order valence-corrected chi connectivity index (χ3v) is 3.61. The van der Waals surface area contributed by atoms with Gasteiger partial charge in [-0.25, -0.2) is 0 Å². The van der Waals surface area contributed by atoms with Crippen LogP contribution in [0.3, 0.4) is 0 Å². The van der Waals surface area contributed by atoms with Gasteiger partial charge >= 0.3 is 0 Å².